The molecule has 0 saturated carbocycles. The number of carbonyl (C=O) groups is 2. The molecule has 1 atom stereocenters. The molecule has 5 nitrogen and oxygen atoms in total. The van der Waals surface area contributed by atoms with Gasteiger partial charge in [0.1, 0.15) is 17.6 Å². The van der Waals surface area contributed by atoms with Crippen LogP contribution in [0.1, 0.15) is 36.1 Å². The van der Waals surface area contributed by atoms with Crippen molar-refractivity contribution in [2.24, 2.45) is 0 Å². The second-order valence-corrected chi connectivity index (χ2v) is 7.34. The van der Waals surface area contributed by atoms with Crippen LogP contribution >= 0.6 is 0 Å². The van der Waals surface area contributed by atoms with Crippen molar-refractivity contribution < 1.29 is 18.7 Å². The molecule has 0 fully saturated rings. The lowest BCUT2D eigenvalue weighted by atomic mass is 10.0. The molecule has 0 heterocycles. The molecule has 3 aromatic carbocycles. The average molecular weight is 435 g/mol. The summed E-state index contributed by atoms with van der Waals surface area (Å²) in [6, 6.07) is 21.8. The lowest BCUT2D eigenvalue weighted by Gasteiger charge is -2.31. The quantitative estimate of drug-likeness (QED) is 0.534. The summed E-state index contributed by atoms with van der Waals surface area (Å²) >= 11 is 0. The highest BCUT2D eigenvalue weighted by molar-refractivity contribution is 5.88. The van der Waals surface area contributed by atoms with Crippen molar-refractivity contribution in [3.05, 3.63) is 101 Å². The van der Waals surface area contributed by atoms with Crippen molar-refractivity contribution in [3.63, 3.8) is 0 Å². The molecule has 0 unspecified atom stereocenters. The molecule has 0 aliphatic rings. The molecule has 0 aromatic heterocycles. The van der Waals surface area contributed by atoms with Gasteiger partial charge in [0, 0.05) is 25.1 Å². The highest BCUT2D eigenvalue weighted by Gasteiger charge is 2.30. The molecule has 0 aliphatic carbocycles. The third-order valence-corrected chi connectivity index (χ3v) is 5.21. The van der Waals surface area contributed by atoms with Crippen LogP contribution in [0.5, 0.6) is 5.75 Å². The molecule has 6 heteroatoms. The summed E-state index contributed by atoms with van der Waals surface area (Å²) < 4.78 is 18.7. The molecule has 0 radical (unpaired) electrons. The lowest BCUT2D eigenvalue weighted by molar-refractivity contribution is -0.141. The van der Waals surface area contributed by atoms with Crippen molar-refractivity contribution in [2.45, 2.75) is 32.5 Å². The molecule has 3 aromatic rings. The molecule has 0 aliphatic heterocycles. The van der Waals surface area contributed by atoms with Gasteiger partial charge in [-0.3, -0.25) is 9.59 Å². The Morgan fingerprint density at radius 3 is 2.28 bits per heavy atom. The van der Waals surface area contributed by atoms with Crippen LogP contribution in [-0.2, 0) is 22.7 Å². The molecule has 3 rings (SSSR count). The van der Waals surface area contributed by atoms with Crippen molar-refractivity contribution in [2.75, 3.05) is 7.11 Å². The number of ether oxygens (including phenoxy) is 1. The SMILES string of the molecule is CCC(=O)N(Cc1ccc(F)cc1)[C@@H](C(=O)NCc1ccccc1OC)c1ccccc1. The number of para-hydroxylation sites is 1. The molecule has 0 bridgehead atoms. The van der Waals surface area contributed by atoms with Gasteiger partial charge in [0.05, 0.1) is 7.11 Å². The van der Waals surface area contributed by atoms with Crippen molar-refractivity contribution in [3.8, 4) is 5.75 Å². The molecule has 166 valence electrons. The zero-order valence-electron chi connectivity index (χ0n) is 18.3. The molecule has 0 spiro atoms. The van der Waals surface area contributed by atoms with Crippen LogP contribution in [0, 0.1) is 5.82 Å². The number of halogens is 1. The Hall–Kier alpha value is -3.67. The first-order valence-electron chi connectivity index (χ1n) is 10.5. The average Bonchev–Trinajstić information content (AvgIpc) is 2.84. The third-order valence-electron chi connectivity index (χ3n) is 5.21. The maximum absolute atomic E-state index is 13.4. The molecular formula is C26H27FN2O3. The van der Waals surface area contributed by atoms with E-state index in [1.54, 1.807) is 31.1 Å². The van der Waals surface area contributed by atoms with E-state index >= 15 is 0 Å². The Morgan fingerprint density at radius 2 is 1.62 bits per heavy atom. The number of carbonyl (C=O) groups excluding carboxylic acids is 2. The van der Waals surface area contributed by atoms with Gasteiger partial charge in [0.25, 0.3) is 0 Å². The molecular weight excluding hydrogens is 407 g/mol. The predicted molar refractivity (Wildman–Crippen MR) is 121 cm³/mol. The second kappa shape index (κ2) is 11.1. The van der Waals surface area contributed by atoms with E-state index < -0.39 is 6.04 Å². The fourth-order valence-corrected chi connectivity index (χ4v) is 3.55. The first-order valence-corrected chi connectivity index (χ1v) is 10.5. The summed E-state index contributed by atoms with van der Waals surface area (Å²) in [6.07, 6.45) is 0.240. The largest absolute Gasteiger partial charge is 0.496 e. The van der Waals surface area contributed by atoms with Gasteiger partial charge in [0.15, 0.2) is 0 Å². The topological polar surface area (TPSA) is 58.6 Å². The number of hydrogen-bond donors (Lipinski definition) is 1. The monoisotopic (exact) mass is 434 g/mol. The first-order chi connectivity index (χ1) is 15.5. The highest BCUT2D eigenvalue weighted by Crippen LogP contribution is 2.25. The number of nitrogens with zero attached hydrogens (tertiary/aromatic N) is 1. The van der Waals surface area contributed by atoms with Gasteiger partial charge in [-0.2, -0.15) is 0 Å². The van der Waals surface area contributed by atoms with Crippen molar-refractivity contribution in [1.82, 2.24) is 10.2 Å². The summed E-state index contributed by atoms with van der Waals surface area (Å²) in [5.41, 5.74) is 2.28. The minimum atomic E-state index is -0.830. The Morgan fingerprint density at radius 1 is 0.969 bits per heavy atom. The van der Waals surface area contributed by atoms with Crippen molar-refractivity contribution in [1.29, 1.82) is 0 Å². The number of nitrogens with one attached hydrogen (secondary N) is 1. The molecule has 1 N–H and O–H groups in total. The minimum Gasteiger partial charge on any atom is -0.496 e. The van der Waals surface area contributed by atoms with E-state index in [1.165, 1.54) is 12.1 Å². The highest BCUT2D eigenvalue weighted by atomic mass is 19.1. The first kappa shape index (κ1) is 23.0. The number of benzene rings is 3. The van der Waals surface area contributed by atoms with E-state index in [4.69, 9.17) is 4.74 Å². The van der Waals surface area contributed by atoms with Crippen LogP contribution in [-0.4, -0.2) is 23.8 Å². The fraction of sp³-hybridized carbons (Fsp3) is 0.231. The van der Waals surface area contributed by atoms with E-state index in [-0.39, 0.29) is 37.1 Å². The number of hydrogen-bond acceptors (Lipinski definition) is 3. The predicted octanol–water partition coefficient (Wildman–Crippen LogP) is 4.63. The zero-order chi connectivity index (χ0) is 22.9. The van der Waals surface area contributed by atoms with Crippen LogP contribution in [0.4, 0.5) is 4.39 Å². The summed E-state index contributed by atoms with van der Waals surface area (Å²) in [4.78, 5) is 27.9. The van der Waals surface area contributed by atoms with E-state index in [9.17, 15) is 14.0 Å². The van der Waals surface area contributed by atoms with Crippen LogP contribution < -0.4 is 10.1 Å². The maximum Gasteiger partial charge on any atom is 0.247 e. The van der Waals surface area contributed by atoms with E-state index in [2.05, 4.69) is 5.32 Å². The summed E-state index contributed by atoms with van der Waals surface area (Å²) in [5.74, 6) is -0.144. The van der Waals surface area contributed by atoms with Gasteiger partial charge < -0.3 is 15.0 Å². The normalized spacial score (nSPS) is 11.5. The van der Waals surface area contributed by atoms with Crippen molar-refractivity contribution >= 4 is 11.8 Å². The van der Waals surface area contributed by atoms with Gasteiger partial charge >= 0.3 is 0 Å². The number of methoxy groups -OCH3 is 1. The maximum atomic E-state index is 13.4. The third kappa shape index (κ3) is 5.72. The minimum absolute atomic E-state index is 0.171. The van der Waals surface area contributed by atoms with Crippen LogP contribution in [0.2, 0.25) is 0 Å². The van der Waals surface area contributed by atoms with Gasteiger partial charge in [0.2, 0.25) is 11.8 Å². The van der Waals surface area contributed by atoms with E-state index in [0.717, 1.165) is 11.1 Å². The van der Waals surface area contributed by atoms with Gasteiger partial charge in [-0.05, 0) is 29.3 Å². The Labute approximate surface area is 187 Å². The fourth-order valence-electron chi connectivity index (χ4n) is 3.55. The Bertz CT molecular complexity index is 1040. The van der Waals surface area contributed by atoms with E-state index in [0.29, 0.717) is 11.3 Å². The number of amides is 2. The zero-order valence-corrected chi connectivity index (χ0v) is 18.3. The Balaban J connectivity index is 1.91. The standard InChI is InChI=1S/C26H27FN2O3/c1-3-24(30)29(18-19-13-15-22(27)16-14-19)25(20-9-5-4-6-10-20)26(31)28-17-21-11-7-8-12-23(21)32-2/h4-16,25H,3,17-18H2,1-2H3,(H,28,31)/t25-/m1/s1. The summed E-state index contributed by atoms with van der Waals surface area (Å²) in [5, 5.41) is 2.95. The smallest absolute Gasteiger partial charge is 0.247 e. The molecule has 2 amide bonds. The Kier molecular flexibility index (Phi) is 7.97. The lowest BCUT2D eigenvalue weighted by Crippen LogP contribution is -2.43. The van der Waals surface area contributed by atoms with Gasteiger partial charge in [-0.25, -0.2) is 4.39 Å². The second-order valence-electron chi connectivity index (χ2n) is 7.34. The molecule has 32 heavy (non-hydrogen) atoms. The van der Waals surface area contributed by atoms with E-state index in [1.807, 2.05) is 54.6 Å². The summed E-state index contributed by atoms with van der Waals surface area (Å²) in [7, 11) is 1.58. The van der Waals surface area contributed by atoms with Gasteiger partial charge in [-0.1, -0.05) is 67.6 Å². The van der Waals surface area contributed by atoms with Crippen LogP contribution in [0.25, 0.3) is 0 Å². The van der Waals surface area contributed by atoms with Crippen LogP contribution in [0.3, 0.4) is 0 Å². The van der Waals surface area contributed by atoms with Gasteiger partial charge in [-0.15, -0.1) is 0 Å². The van der Waals surface area contributed by atoms with Crippen LogP contribution in [0.15, 0.2) is 78.9 Å². The molecule has 0 saturated heterocycles. The summed E-state index contributed by atoms with van der Waals surface area (Å²) in [6.45, 7) is 2.21. The number of rotatable bonds is 9.